The van der Waals surface area contributed by atoms with Gasteiger partial charge in [-0.1, -0.05) is 13.3 Å². The first-order valence-corrected chi connectivity index (χ1v) is 6.89. The number of rotatable bonds is 4. The number of hydrogen-bond acceptors (Lipinski definition) is 3. The van der Waals surface area contributed by atoms with Gasteiger partial charge in [0, 0.05) is 23.5 Å². The first-order chi connectivity index (χ1) is 9.78. The van der Waals surface area contributed by atoms with Gasteiger partial charge in [0.05, 0.1) is 16.6 Å². The number of H-pyrrole nitrogens is 2. The number of unbranched alkanes of at least 4 members (excludes halogenated alkanes) is 1. The molecule has 0 saturated carbocycles. The SMILES string of the molecule is CCCCc1cc(-c2c[nH]c3cc[nH+]cc23)nc(N)n1. The molecule has 0 spiro atoms. The van der Waals surface area contributed by atoms with Crippen molar-refractivity contribution in [3.05, 3.63) is 36.4 Å². The maximum atomic E-state index is 5.84. The quantitative estimate of drug-likeness (QED) is 0.762. The fraction of sp³-hybridized carbons (Fsp3) is 0.267. The number of aromatic nitrogens is 4. The summed E-state index contributed by atoms with van der Waals surface area (Å²) in [6.07, 6.45) is 9.00. The number of hydrogen-bond donors (Lipinski definition) is 2. The Labute approximate surface area is 117 Å². The summed E-state index contributed by atoms with van der Waals surface area (Å²) < 4.78 is 0. The molecule has 3 rings (SSSR count). The van der Waals surface area contributed by atoms with Crippen LogP contribution in [0.2, 0.25) is 0 Å². The summed E-state index contributed by atoms with van der Waals surface area (Å²) in [5.41, 5.74) is 9.83. The fourth-order valence-electron chi connectivity index (χ4n) is 2.36. The standard InChI is InChI=1S/C15H17N5/c1-2-3-4-10-7-14(20-15(16)19-10)12-9-18-13-5-6-17-8-11(12)13/h5-9,18H,2-4H2,1H3,(H2,16,19,20)/p+1. The van der Waals surface area contributed by atoms with Crippen LogP contribution in [0, 0.1) is 0 Å². The summed E-state index contributed by atoms with van der Waals surface area (Å²) in [6, 6.07) is 4.03. The van der Waals surface area contributed by atoms with Crippen molar-refractivity contribution in [1.82, 2.24) is 15.0 Å². The van der Waals surface area contributed by atoms with Crippen LogP contribution >= 0.6 is 0 Å². The Balaban J connectivity index is 2.07. The molecule has 0 aliphatic carbocycles. The third kappa shape index (κ3) is 2.34. The average molecular weight is 268 g/mol. The Morgan fingerprint density at radius 1 is 1.35 bits per heavy atom. The van der Waals surface area contributed by atoms with Crippen LogP contribution in [0.1, 0.15) is 25.5 Å². The molecule has 102 valence electrons. The van der Waals surface area contributed by atoms with Gasteiger partial charge in [-0.15, -0.1) is 0 Å². The summed E-state index contributed by atoms with van der Waals surface area (Å²) in [5.74, 6) is 0.336. The fourth-order valence-corrected chi connectivity index (χ4v) is 2.36. The van der Waals surface area contributed by atoms with E-state index >= 15 is 0 Å². The topological polar surface area (TPSA) is 81.7 Å². The van der Waals surface area contributed by atoms with Crippen molar-refractivity contribution in [3.63, 3.8) is 0 Å². The highest BCUT2D eigenvalue weighted by molar-refractivity contribution is 5.93. The largest absolute Gasteiger partial charge is 0.368 e. The van der Waals surface area contributed by atoms with Crippen molar-refractivity contribution in [2.75, 3.05) is 5.73 Å². The molecule has 0 aliphatic rings. The van der Waals surface area contributed by atoms with E-state index in [-0.39, 0.29) is 0 Å². The van der Waals surface area contributed by atoms with Gasteiger partial charge >= 0.3 is 0 Å². The molecule has 0 atom stereocenters. The minimum Gasteiger partial charge on any atom is -0.368 e. The van der Waals surface area contributed by atoms with Crippen LogP contribution in [0.5, 0.6) is 0 Å². The number of nitrogens with zero attached hydrogens (tertiary/aromatic N) is 2. The second kappa shape index (κ2) is 5.28. The number of nitrogens with two attached hydrogens (primary N) is 1. The highest BCUT2D eigenvalue weighted by atomic mass is 15.0. The van der Waals surface area contributed by atoms with Crippen molar-refractivity contribution in [2.45, 2.75) is 26.2 Å². The molecule has 5 heteroatoms. The zero-order valence-corrected chi connectivity index (χ0v) is 11.5. The molecule has 3 aromatic heterocycles. The Kier molecular flexibility index (Phi) is 3.33. The number of nitrogen functional groups attached to an aromatic ring is 1. The molecule has 0 saturated heterocycles. The van der Waals surface area contributed by atoms with Gasteiger partial charge in [0.25, 0.3) is 0 Å². The second-order valence-corrected chi connectivity index (χ2v) is 4.88. The van der Waals surface area contributed by atoms with E-state index in [9.17, 15) is 0 Å². The van der Waals surface area contributed by atoms with Crippen LogP contribution in [-0.4, -0.2) is 15.0 Å². The first-order valence-electron chi connectivity index (χ1n) is 6.89. The normalized spacial score (nSPS) is 11.1. The van der Waals surface area contributed by atoms with Gasteiger partial charge in [0.1, 0.15) is 0 Å². The lowest BCUT2D eigenvalue weighted by molar-refractivity contribution is -0.375. The Morgan fingerprint density at radius 2 is 2.25 bits per heavy atom. The molecule has 0 fully saturated rings. The second-order valence-electron chi connectivity index (χ2n) is 4.88. The monoisotopic (exact) mass is 268 g/mol. The van der Waals surface area contributed by atoms with Crippen molar-refractivity contribution in [2.24, 2.45) is 0 Å². The van der Waals surface area contributed by atoms with Gasteiger partial charge in [0.2, 0.25) is 5.95 Å². The van der Waals surface area contributed by atoms with E-state index < -0.39 is 0 Å². The number of aryl methyl sites for hydroxylation is 1. The number of fused-ring (bicyclic) bond motifs is 1. The Morgan fingerprint density at radius 3 is 3.10 bits per heavy atom. The molecule has 20 heavy (non-hydrogen) atoms. The van der Waals surface area contributed by atoms with Crippen molar-refractivity contribution in [1.29, 1.82) is 0 Å². The molecule has 0 bridgehead atoms. The summed E-state index contributed by atoms with van der Waals surface area (Å²) in [5, 5.41) is 1.10. The Hall–Kier alpha value is -2.43. The maximum Gasteiger partial charge on any atom is 0.220 e. The van der Waals surface area contributed by atoms with Crippen molar-refractivity contribution < 1.29 is 4.98 Å². The minimum absolute atomic E-state index is 0.336. The molecular formula is C15H18N5+. The molecule has 0 amide bonds. The van der Waals surface area contributed by atoms with E-state index in [1.807, 2.05) is 30.7 Å². The van der Waals surface area contributed by atoms with E-state index in [0.29, 0.717) is 5.95 Å². The lowest BCUT2D eigenvalue weighted by Crippen LogP contribution is -2.01. The van der Waals surface area contributed by atoms with Crippen LogP contribution < -0.4 is 10.7 Å². The van der Waals surface area contributed by atoms with E-state index in [2.05, 4.69) is 26.9 Å². The third-order valence-electron chi connectivity index (χ3n) is 3.39. The molecule has 5 nitrogen and oxygen atoms in total. The van der Waals surface area contributed by atoms with Crippen LogP contribution in [-0.2, 0) is 6.42 Å². The molecule has 3 aromatic rings. The molecule has 0 aliphatic heterocycles. The summed E-state index contributed by atoms with van der Waals surface area (Å²) in [7, 11) is 0. The first kappa shape index (κ1) is 12.6. The molecule has 4 N–H and O–H groups in total. The number of nitrogens with one attached hydrogen (secondary N) is 2. The highest BCUT2D eigenvalue weighted by Gasteiger charge is 2.11. The average Bonchev–Trinajstić information content (AvgIpc) is 2.88. The van der Waals surface area contributed by atoms with Gasteiger partial charge < -0.3 is 10.7 Å². The van der Waals surface area contributed by atoms with E-state index in [1.54, 1.807) is 0 Å². The van der Waals surface area contributed by atoms with Gasteiger partial charge in [-0.05, 0) is 18.9 Å². The summed E-state index contributed by atoms with van der Waals surface area (Å²) >= 11 is 0. The number of pyridine rings is 1. The number of anilines is 1. The number of aromatic amines is 2. The summed E-state index contributed by atoms with van der Waals surface area (Å²) in [4.78, 5) is 15.0. The van der Waals surface area contributed by atoms with Gasteiger partial charge in [-0.3, -0.25) is 0 Å². The lowest BCUT2D eigenvalue weighted by Gasteiger charge is -2.04. The van der Waals surface area contributed by atoms with Crippen LogP contribution in [0.15, 0.2) is 30.7 Å². The van der Waals surface area contributed by atoms with E-state index in [4.69, 9.17) is 5.73 Å². The minimum atomic E-state index is 0.336. The predicted molar refractivity (Wildman–Crippen MR) is 78.9 cm³/mol. The van der Waals surface area contributed by atoms with E-state index in [1.165, 1.54) is 0 Å². The Bertz CT molecular complexity index is 732. The third-order valence-corrected chi connectivity index (χ3v) is 3.39. The van der Waals surface area contributed by atoms with Crippen LogP contribution in [0.3, 0.4) is 0 Å². The van der Waals surface area contributed by atoms with E-state index in [0.717, 1.165) is 47.1 Å². The van der Waals surface area contributed by atoms with Crippen LogP contribution in [0.4, 0.5) is 5.95 Å². The van der Waals surface area contributed by atoms with Gasteiger partial charge in [0.15, 0.2) is 12.4 Å². The highest BCUT2D eigenvalue weighted by Crippen LogP contribution is 2.26. The molecule has 0 aromatic carbocycles. The van der Waals surface area contributed by atoms with Crippen molar-refractivity contribution in [3.8, 4) is 11.3 Å². The van der Waals surface area contributed by atoms with Gasteiger partial charge in [-0.2, -0.15) is 0 Å². The molecule has 3 heterocycles. The molecule has 0 radical (unpaired) electrons. The maximum absolute atomic E-state index is 5.84. The zero-order chi connectivity index (χ0) is 13.9. The summed E-state index contributed by atoms with van der Waals surface area (Å²) in [6.45, 7) is 2.17. The predicted octanol–water partition coefficient (Wildman–Crippen LogP) is 2.36. The van der Waals surface area contributed by atoms with Crippen LogP contribution in [0.25, 0.3) is 22.2 Å². The van der Waals surface area contributed by atoms with Crippen molar-refractivity contribution >= 4 is 16.9 Å². The molecular weight excluding hydrogens is 250 g/mol. The van der Waals surface area contributed by atoms with Gasteiger partial charge in [-0.25, -0.2) is 15.0 Å². The smallest absolute Gasteiger partial charge is 0.220 e. The lowest BCUT2D eigenvalue weighted by atomic mass is 10.1. The molecule has 0 unspecified atom stereocenters. The zero-order valence-electron chi connectivity index (χ0n) is 11.5.